The number of thiophene rings is 1. The number of aromatic amines is 2. The molecular weight excluding hydrogens is 344 g/mol. The van der Waals surface area contributed by atoms with E-state index in [0.717, 1.165) is 41.2 Å². The van der Waals surface area contributed by atoms with Gasteiger partial charge in [-0.15, -0.1) is 11.3 Å². The smallest absolute Gasteiger partial charge is 0.254 e. The maximum atomic E-state index is 12.5. The van der Waals surface area contributed by atoms with Crippen molar-refractivity contribution < 1.29 is 0 Å². The number of nitrogens with one attached hydrogen (secondary N) is 2. The molecule has 0 aliphatic carbocycles. The molecule has 0 bridgehead atoms. The molecule has 5 rings (SSSR count). The Hall–Kier alpha value is -2.70. The second-order valence-electron chi connectivity index (χ2n) is 6.64. The van der Waals surface area contributed by atoms with Crippen LogP contribution in [-0.2, 0) is 19.5 Å². The van der Waals surface area contributed by atoms with Crippen LogP contribution in [0.1, 0.15) is 16.8 Å². The number of nitrogens with zero attached hydrogens (tertiary/aromatic N) is 2. The lowest BCUT2D eigenvalue weighted by Gasteiger charge is -2.27. The van der Waals surface area contributed by atoms with Crippen LogP contribution in [-0.4, -0.2) is 26.4 Å². The van der Waals surface area contributed by atoms with Crippen LogP contribution in [0.15, 0.2) is 52.8 Å². The van der Waals surface area contributed by atoms with Crippen LogP contribution >= 0.6 is 11.3 Å². The maximum Gasteiger partial charge on any atom is 0.254 e. The van der Waals surface area contributed by atoms with Crippen molar-refractivity contribution in [3.63, 3.8) is 0 Å². The van der Waals surface area contributed by atoms with Crippen LogP contribution in [0.5, 0.6) is 0 Å². The number of H-pyrrole nitrogens is 2. The second-order valence-corrected chi connectivity index (χ2v) is 7.58. The SMILES string of the molecule is O=c1[nH]c(-c2cccs2)nc2c1CCN(Cc1c[nH]c3ccccc13)C2. The number of fused-ring (bicyclic) bond motifs is 2. The fraction of sp³-hybridized carbons (Fsp3) is 0.200. The Bertz CT molecular complexity index is 1130. The molecule has 130 valence electrons. The maximum absolute atomic E-state index is 12.5. The van der Waals surface area contributed by atoms with Gasteiger partial charge in [-0.25, -0.2) is 4.98 Å². The van der Waals surface area contributed by atoms with Crippen molar-refractivity contribution in [1.29, 1.82) is 0 Å². The molecular formula is C20H18N4OS. The van der Waals surface area contributed by atoms with Gasteiger partial charge in [-0.05, 0) is 29.5 Å². The summed E-state index contributed by atoms with van der Waals surface area (Å²) in [5.74, 6) is 0.678. The minimum absolute atomic E-state index is 0.00476. The van der Waals surface area contributed by atoms with Gasteiger partial charge < -0.3 is 9.97 Å². The summed E-state index contributed by atoms with van der Waals surface area (Å²) in [4.78, 5) is 26.9. The standard InChI is InChI=1S/C20H18N4OS/c25-20-15-7-8-24(11-13-10-21-16-5-2-1-4-14(13)16)12-17(15)22-19(23-20)18-6-3-9-26-18/h1-6,9-10,21H,7-8,11-12H2,(H,22,23,25). The molecule has 5 nitrogen and oxygen atoms in total. The molecule has 0 fully saturated rings. The Labute approximate surface area is 154 Å². The monoisotopic (exact) mass is 362 g/mol. The van der Waals surface area contributed by atoms with Crippen molar-refractivity contribution in [1.82, 2.24) is 19.9 Å². The van der Waals surface area contributed by atoms with Crippen LogP contribution in [0.4, 0.5) is 0 Å². The molecule has 0 radical (unpaired) electrons. The first-order chi connectivity index (χ1) is 12.8. The number of aromatic nitrogens is 3. The lowest BCUT2D eigenvalue weighted by atomic mass is 10.1. The third-order valence-corrected chi connectivity index (χ3v) is 5.85. The van der Waals surface area contributed by atoms with E-state index in [0.29, 0.717) is 12.4 Å². The summed E-state index contributed by atoms with van der Waals surface area (Å²) < 4.78 is 0. The highest BCUT2D eigenvalue weighted by molar-refractivity contribution is 7.13. The lowest BCUT2D eigenvalue weighted by Crippen LogP contribution is -2.35. The molecule has 6 heteroatoms. The Morgan fingerprint density at radius 1 is 1.19 bits per heavy atom. The van der Waals surface area contributed by atoms with E-state index < -0.39 is 0 Å². The predicted molar refractivity (Wildman–Crippen MR) is 104 cm³/mol. The number of rotatable bonds is 3. The van der Waals surface area contributed by atoms with Crippen LogP contribution in [0, 0.1) is 0 Å². The van der Waals surface area contributed by atoms with Gasteiger partial charge in [0.25, 0.3) is 5.56 Å². The van der Waals surface area contributed by atoms with Crippen molar-refractivity contribution in [3.8, 4) is 10.7 Å². The molecule has 4 aromatic rings. The summed E-state index contributed by atoms with van der Waals surface area (Å²) >= 11 is 1.59. The number of hydrogen-bond donors (Lipinski definition) is 2. The zero-order valence-corrected chi connectivity index (χ0v) is 15.0. The molecule has 0 saturated carbocycles. The van der Waals surface area contributed by atoms with Crippen molar-refractivity contribution in [2.45, 2.75) is 19.5 Å². The quantitative estimate of drug-likeness (QED) is 0.586. The minimum Gasteiger partial charge on any atom is -0.361 e. The highest BCUT2D eigenvalue weighted by Crippen LogP contribution is 2.24. The summed E-state index contributed by atoms with van der Waals surface area (Å²) in [5, 5.41) is 3.26. The number of para-hydroxylation sites is 1. The normalized spacial score (nSPS) is 14.6. The van der Waals surface area contributed by atoms with E-state index in [1.807, 2.05) is 23.6 Å². The first-order valence-corrected chi connectivity index (χ1v) is 9.59. The van der Waals surface area contributed by atoms with Gasteiger partial charge in [-0.3, -0.25) is 9.69 Å². The van der Waals surface area contributed by atoms with E-state index in [-0.39, 0.29) is 5.56 Å². The predicted octanol–water partition coefficient (Wildman–Crippen LogP) is 3.54. The molecule has 2 N–H and O–H groups in total. The third kappa shape index (κ3) is 2.67. The van der Waals surface area contributed by atoms with E-state index in [9.17, 15) is 4.79 Å². The van der Waals surface area contributed by atoms with Gasteiger partial charge in [-0.1, -0.05) is 24.3 Å². The topological polar surface area (TPSA) is 64.8 Å². The van der Waals surface area contributed by atoms with Crippen LogP contribution < -0.4 is 5.56 Å². The molecule has 0 spiro atoms. The fourth-order valence-electron chi connectivity index (χ4n) is 3.66. The van der Waals surface area contributed by atoms with Crippen molar-refractivity contribution in [3.05, 3.63) is 75.1 Å². The third-order valence-electron chi connectivity index (χ3n) is 4.98. The van der Waals surface area contributed by atoms with Gasteiger partial charge in [0.1, 0.15) is 0 Å². The fourth-order valence-corrected chi connectivity index (χ4v) is 4.33. The Balaban J connectivity index is 1.45. The highest BCUT2D eigenvalue weighted by Gasteiger charge is 2.22. The summed E-state index contributed by atoms with van der Waals surface area (Å²) in [5.41, 5.74) is 4.19. The molecule has 1 aliphatic heterocycles. The van der Waals surface area contributed by atoms with Gasteiger partial charge in [-0.2, -0.15) is 0 Å². The average Bonchev–Trinajstić information content (AvgIpc) is 3.32. The Kier molecular flexibility index (Phi) is 3.72. The van der Waals surface area contributed by atoms with Gasteiger partial charge in [0.05, 0.1) is 10.6 Å². The van der Waals surface area contributed by atoms with Crippen LogP contribution in [0.3, 0.4) is 0 Å². The van der Waals surface area contributed by atoms with E-state index in [1.54, 1.807) is 11.3 Å². The van der Waals surface area contributed by atoms with Crippen LogP contribution in [0.25, 0.3) is 21.6 Å². The lowest BCUT2D eigenvalue weighted by molar-refractivity contribution is 0.241. The highest BCUT2D eigenvalue weighted by atomic mass is 32.1. The van der Waals surface area contributed by atoms with Crippen LogP contribution in [0.2, 0.25) is 0 Å². The average molecular weight is 362 g/mol. The van der Waals surface area contributed by atoms with E-state index >= 15 is 0 Å². The molecule has 0 amide bonds. The molecule has 1 aliphatic rings. The first-order valence-electron chi connectivity index (χ1n) is 8.71. The summed E-state index contributed by atoms with van der Waals surface area (Å²) in [6.07, 6.45) is 2.83. The molecule has 26 heavy (non-hydrogen) atoms. The van der Waals surface area contributed by atoms with Gasteiger partial charge in [0.15, 0.2) is 5.82 Å². The van der Waals surface area contributed by atoms with Crippen molar-refractivity contribution in [2.24, 2.45) is 0 Å². The number of benzene rings is 1. The molecule has 1 aromatic carbocycles. The minimum atomic E-state index is 0.00476. The largest absolute Gasteiger partial charge is 0.361 e. The van der Waals surface area contributed by atoms with Crippen molar-refractivity contribution in [2.75, 3.05) is 6.54 Å². The Morgan fingerprint density at radius 2 is 2.12 bits per heavy atom. The number of hydrogen-bond acceptors (Lipinski definition) is 4. The van der Waals surface area contributed by atoms with Crippen molar-refractivity contribution >= 4 is 22.2 Å². The second kappa shape index (κ2) is 6.23. The van der Waals surface area contributed by atoms with E-state index in [4.69, 9.17) is 4.98 Å². The molecule has 0 unspecified atom stereocenters. The van der Waals surface area contributed by atoms with E-state index in [2.05, 4.69) is 39.3 Å². The molecule has 0 atom stereocenters. The molecule has 0 saturated heterocycles. The van der Waals surface area contributed by atoms with Gasteiger partial charge in [0.2, 0.25) is 0 Å². The zero-order valence-electron chi connectivity index (χ0n) is 14.2. The first kappa shape index (κ1) is 15.5. The molecule has 4 heterocycles. The molecule has 3 aromatic heterocycles. The van der Waals surface area contributed by atoms with Gasteiger partial charge in [0, 0.05) is 42.3 Å². The van der Waals surface area contributed by atoms with Gasteiger partial charge >= 0.3 is 0 Å². The summed E-state index contributed by atoms with van der Waals surface area (Å²) in [6.45, 7) is 2.43. The summed E-state index contributed by atoms with van der Waals surface area (Å²) in [7, 11) is 0. The Morgan fingerprint density at radius 3 is 3.00 bits per heavy atom. The van der Waals surface area contributed by atoms with E-state index in [1.165, 1.54) is 10.9 Å². The zero-order chi connectivity index (χ0) is 17.5. The summed E-state index contributed by atoms with van der Waals surface area (Å²) in [6, 6.07) is 12.3.